The minimum absolute atomic E-state index is 0.791. The second kappa shape index (κ2) is 9.69. The van der Waals surface area contributed by atoms with Crippen molar-refractivity contribution in [3.05, 3.63) is 0 Å². The molecular formula is C14H30Cl2Si. The maximum atomic E-state index is 6.45. The van der Waals surface area contributed by atoms with Gasteiger partial charge in [0.1, 0.15) is 0 Å². The van der Waals surface area contributed by atoms with E-state index in [0.717, 1.165) is 23.9 Å². The van der Waals surface area contributed by atoms with E-state index in [1.807, 2.05) is 0 Å². The van der Waals surface area contributed by atoms with Gasteiger partial charge in [-0.25, -0.2) is 0 Å². The fourth-order valence-electron chi connectivity index (χ4n) is 2.04. The Kier molecular flexibility index (Phi) is 10.1. The number of unbranched alkanes of at least 4 members (excludes halogenated alkanes) is 1. The molecule has 0 aromatic rings. The van der Waals surface area contributed by atoms with Crippen molar-refractivity contribution in [2.75, 3.05) is 0 Å². The van der Waals surface area contributed by atoms with Gasteiger partial charge in [0.2, 0.25) is 0 Å². The third kappa shape index (κ3) is 11.6. The summed E-state index contributed by atoms with van der Waals surface area (Å²) < 4.78 is 0. The van der Waals surface area contributed by atoms with Crippen molar-refractivity contribution in [3.8, 4) is 0 Å². The van der Waals surface area contributed by atoms with Crippen LogP contribution in [-0.2, 0) is 0 Å². The number of hydrogen-bond donors (Lipinski definition) is 0. The van der Waals surface area contributed by atoms with Gasteiger partial charge in [0.15, 0.2) is 0 Å². The van der Waals surface area contributed by atoms with Crippen molar-refractivity contribution < 1.29 is 0 Å². The van der Waals surface area contributed by atoms with Gasteiger partial charge in [-0.15, -0.1) is 22.2 Å². The standard InChI is InChI=1S/C14H30Cl2Si/c1-5-6-11-17(15,16)12-10-14(4)9-7-8-13(2)3/h13-14H,5-12H2,1-4H3/t14-/m0/s1. The zero-order valence-electron chi connectivity index (χ0n) is 12.1. The van der Waals surface area contributed by atoms with E-state index < -0.39 is 6.69 Å². The van der Waals surface area contributed by atoms with Gasteiger partial charge in [0, 0.05) is 0 Å². The van der Waals surface area contributed by atoms with E-state index in [-0.39, 0.29) is 0 Å². The fraction of sp³-hybridized carbons (Fsp3) is 1.00. The normalized spacial score (nSPS) is 14.3. The second-order valence-corrected chi connectivity index (χ2v) is 13.6. The van der Waals surface area contributed by atoms with Crippen LogP contribution in [0, 0.1) is 11.8 Å². The molecule has 0 aromatic carbocycles. The van der Waals surface area contributed by atoms with Crippen molar-refractivity contribution in [1.29, 1.82) is 0 Å². The molecule has 0 amide bonds. The van der Waals surface area contributed by atoms with Crippen LogP contribution in [0.4, 0.5) is 0 Å². The van der Waals surface area contributed by atoms with Crippen molar-refractivity contribution in [2.45, 2.75) is 78.3 Å². The lowest BCUT2D eigenvalue weighted by Gasteiger charge is -2.19. The van der Waals surface area contributed by atoms with Crippen LogP contribution >= 0.6 is 22.2 Å². The fourth-order valence-corrected chi connectivity index (χ4v) is 5.53. The molecule has 104 valence electrons. The molecule has 0 heterocycles. The molecule has 0 fully saturated rings. The molecule has 0 aliphatic carbocycles. The Labute approximate surface area is 119 Å². The van der Waals surface area contributed by atoms with E-state index in [9.17, 15) is 0 Å². The Morgan fingerprint density at radius 1 is 0.882 bits per heavy atom. The highest BCUT2D eigenvalue weighted by atomic mass is 35.7. The first-order valence-electron chi connectivity index (χ1n) is 7.25. The molecule has 3 heteroatoms. The third-order valence-corrected chi connectivity index (χ3v) is 7.75. The SMILES string of the molecule is CCCC[Si](Cl)(Cl)CC[C@@H](C)CCCC(C)C. The van der Waals surface area contributed by atoms with Crippen LogP contribution in [0.3, 0.4) is 0 Å². The van der Waals surface area contributed by atoms with Gasteiger partial charge in [0.05, 0.1) is 0 Å². The number of halogens is 2. The summed E-state index contributed by atoms with van der Waals surface area (Å²) in [6.07, 6.45) is 7.67. The van der Waals surface area contributed by atoms with E-state index in [4.69, 9.17) is 22.2 Å². The first-order valence-corrected chi connectivity index (χ1v) is 11.7. The maximum absolute atomic E-state index is 6.45. The van der Waals surface area contributed by atoms with Crippen molar-refractivity contribution in [1.82, 2.24) is 0 Å². The van der Waals surface area contributed by atoms with Crippen LogP contribution in [0.15, 0.2) is 0 Å². The highest BCUT2D eigenvalue weighted by molar-refractivity contribution is 7.45. The Morgan fingerprint density at radius 3 is 2.06 bits per heavy atom. The van der Waals surface area contributed by atoms with Gasteiger partial charge in [-0.2, -0.15) is 0 Å². The van der Waals surface area contributed by atoms with Crippen LogP contribution in [0.25, 0.3) is 0 Å². The molecule has 0 spiro atoms. The first kappa shape index (κ1) is 17.8. The van der Waals surface area contributed by atoms with E-state index in [1.165, 1.54) is 38.5 Å². The molecule has 0 aromatic heterocycles. The Morgan fingerprint density at radius 2 is 1.53 bits per heavy atom. The average Bonchev–Trinajstić information content (AvgIpc) is 2.23. The zero-order chi connectivity index (χ0) is 13.3. The quantitative estimate of drug-likeness (QED) is 0.316. The van der Waals surface area contributed by atoms with Gasteiger partial charge < -0.3 is 0 Å². The molecule has 0 N–H and O–H groups in total. The number of rotatable bonds is 10. The average molecular weight is 297 g/mol. The minimum Gasteiger partial charge on any atom is -0.146 e. The molecule has 17 heavy (non-hydrogen) atoms. The van der Waals surface area contributed by atoms with Gasteiger partial charge >= 0.3 is 0 Å². The molecule has 0 bridgehead atoms. The summed E-state index contributed by atoms with van der Waals surface area (Å²) in [5.41, 5.74) is 0. The summed E-state index contributed by atoms with van der Waals surface area (Å²) in [4.78, 5) is 0. The molecular weight excluding hydrogens is 267 g/mol. The molecule has 0 saturated carbocycles. The monoisotopic (exact) mass is 296 g/mol. The third-order valence-electron chi connectivity index (χ3n) is 3.38. The summed E-state index contributed by atoms with van der Waals surface area (Å²) in [6, 6.07) is 2.16. The Hall–Kier alpha value is 0.797. The van der Waals surface area contributed by atoms with Crippen LogP contribution in [-0.4, -0.2) is 6.69 Å². The molecule has 0 saturated heterocycles. The summed E-state index contributed by atoms with van der Waals surface area (Å²) in [6.45, 7) is 7.24. The lowest BCUT2D eigenvalue weighted by Crippen LogP contribution is -2.19. The van der Waals surface area contributed by atoms with Crippen LogP contribution in [0.2, 0.25) is 12.1 Å². The first-order chi connectivity index (χ1) is 7.87. The molecule has 0 aliphatic heterocycles. The highest BCUT2D eigenvalue weighted by Gasteiger charge is 2.27. The minimum atomic E-state index is -1.90. The summed E-state index contributed by atoms with van der Waals surface area (Å²) in [7, 11) is 0. The van der Waals surface area contributed by atoms with Crippen LogP contribution < -0.4 is 0 Å². The topological polar surface area (TPSA) is 0 Å². The summed E-state index contributed by atoms with van der Waals surface area (Å²) in [5.74, 6) is 1.63. The Balaban J connectivity index is 3.63. The lowest BCUT2D eigenvalue weighted by molar-refractivity contribution is 0.448. The number of hydrogen-bond acceptors (Lipinski definition) is 0. The van der Waals surface area contributed by atoms with Gasteiger partial charge in [-0.1, -0.05) is 66.2 Å². The van der Waals surface area contributed by atoms with Gasteiger partial charge in [0.25, 0.3) is 6.69 Å². The largest absolute Gasteiger partial charge is 0.251 e. The van der Waals surface area contributed by atoms with Crippen LogP contribution in [0.5, 0.6) is 0 Å². The summed E-state index contributed by atoms with van der Waals surface area (Å²) >= 11 is 12.9. The molecule has 0 rings (SSSR count). The van der Waals surface area contributed by atoms with E-state index in [1.54, 1.807) is 0 Å². The van der Waals surface area contributed by atoms with E-state index in [0.29, 0.717) is 0 Å². The Bertz CT molecular complexity index is 181. The lowest BCUT2D eigenvalue weighted by atomic mass is 9.98. The molecule has 0 aliphatic rings. The van der Waals surface area contributed by atoms with Gasteiger partial charge in [-0.3, -0.25) is 0 Å². The van der Waals surface area contributed by atoms with Crippen molar-refractivity contribution >= 4 is 28.9 Å². The summed E-state index contributed by atoms with van der Waals surface area (Å²) in [5, 5.41) is 0. The highest BCUT2D eigenvalue weighted by Crippen LogP contribution is 2.31. The predicted molar refractivity (Wildman–Crippen MR) is 84.5 cm³/mol. The molecule has 1 atom stereocenters. The van der Waals surface area contributed by atoms with E-state index >= 15 is 0 Å². The van der Waals surface area contributed by atoms with Crippen molar-refractivity contribution in [3.63, 3.8) is 0 Å². The molecule has 0 radical (unpaired) electrons. The van der Waals surface area contributed by atoms with Gasteiger partial charge in [-0.05, 0) is 23.9 Å². The zero-order valence-corrected chi connectivity index (χ0v) is 14.6. The second-order valence-electron chi connectivity index (χ2n) is 5.93. The molecule has 0 nitrogen and oxygen atoms in total. The predicted octanol–water partition coefficient (Wildman–Crippen LogP) is 6.56. The van der Waals surface area contributed by atoms with Crippen molar-refractivity contribution in [2.24, 2.45) is 11.8 Å². The van der Waals surface area contributed by atoms with Crippen LogP contribution in [0.1, 0.15) is 66.2 Å². The smallest absolute Gasteiger partial charge is 0.146 e. The van der Waals surface area contributed by atoms with E-state index in [2.05, 4.69) is 27.7 Å². The maximum Gasteiger partial charge on any atom is 0.251 e. The molecule has 0 unspecified atom stereocenters.